The van der Waals surface area contributed by atoms with E-state index < -0.39 is 10.0 Å². The summed E-state index contributed by atoms with van der Waals surface area (Å²) in [6.07, 6.45) is 2.41. The maximum Gasteiger partial charge on any atom is 0.255 e. The third kappa shape index (κ3) is 6.30. The van der Waals surface area contributed by atoms with E-state index in [4.69, 9.17) is 4.74 Å². The molecule has 0 atom stereocenters. The van der Waals surface area contributed by atoms with Gasteiger partial charge in [-0.05, 0) is 61.7 Å². The monoisotopic (exact) mass is 418 g/mol. The number of ether oxygens (including phenoxy) is 1. The molecule has 7 heteroatoms. The van der Waals surface area contributed by atoms with Crippen LogP contribution in [0.2, 0.25) is 0 Å². The molecule has 2 aromatic rings. The molecule has 0 saturated carbocycles. The van der Waals surface area contributed by atoms with Crippen molar-refractivity contribution in [2.75, 3.05) is 25.0 Å². The average molecular weight is 419 g/mol. The molecule has 0 unspecified atom stereocenters. The van der Waals surface area contributed by atoms with Gasteiger partial charge in [-0.1, -0.05) is 26.8 Å². The highest BCUT2D eigenvalue weighted by Crippen LogP contribution is 2.20. The zero-order valence-electron chi connectivity index (χ0n) is 17.3. The van der Waals surface area contributed by atoms with Gasteiger partial charge in [0.15, 0.2) is 0 Å². The molecule has 0 fully saturated rings. The van der Waals surface area contributed by atoms with Crippen LogP contribution in [-0.2, 0) is 10.0 Å². The number of carbonyl (C=O) groups excluding carboxylic acids is 1. The molecule has 0 spiro atoms. The van der Waals surface area contributed by atoms with Crippen molar-refractivity contribution in [3.63, 3.8) is 0 Å². The quantitative estimate of drug-likeness (QED) is 0.581. The van der Waals surface area contributed by atoms with Crippen LogP contribution in [0.15, 0.2) is 53.4 Å². The number of benzene rings is 2. The molecule has 29 heavy (non-hydrogen) atoms. The number of rotatable bonds is 11. The van der Waals surface area contributed by atoms with Gasteiger partial charge in [-0.15, -0.1) is 0 Å². The topological polar surface area (TPSA) is 75.7 Å². The van der Waals surface area contributed by atoms with E-state index in [9.17, 15) is 13.2 Å². The Morgan fingerprint density at radius 1 is 0.966 bits per heavy atom. The highest BCUT2D eigenvalue weighted by atomic mass is 32.2. The average Bonchev–Trinajstić information content (AvgIpc) is 2.72. The van der Waals surface area contributed by atoms with E-state index in [1.165, 1.54) is 16.4 Å². The molecule has 6 nitrogen and oxygen atoms in total. The molecule has 1 amide bonds. The zero-order chi connectivity index (χ0) is 21.3. The largest absolute Gasteiger partial charge is 0.494 e. The fraction of sp³-hybridized carbons (Fsp3) is 0.409. The summed E-state index contributed by atoms with van der Waals surface area (Å²) in [6.45, 7) is 7.51. The Morgan fingerprint density at radius 2 is 1.62 bits per heavy atom. The second-order valence-corrected chi connectivity index (χ2v) is 8.70. The van der Waals surface area contributed by atoms with Crippen LogP contribution >= 0.6 is 0 Å². The lowest BCUT2D eigenvalue weighted by Gasteiger charge is -2.21. The van der Waals surface area contributed by atoms with Crippen molar-refractivity contribution in [3.05, 3.63) is 54.1 Å². The van der Waals surface area contributed by atoms with Crippen LogP contribution in [0.3, 0.4) is 0 Å². The van der Waals surface area contributed by atoms with Gasteiger partial charge in [0, 0.05) is 24.3 Å². The second-order valence-electron chi connectivity index (χ2n) is 6.76. The first-order chi connectivity index (χ1) is 13.9. The Morgan fingerprint density at radius 3 is 2.21 bits per heavy atom. The van der Waals surface area contributed by atoms with Gasteiger partial charge in [0.2, 0.25) is 10.0 Å². The summed E-state index contributed by atoms with van der Waals surface area (Å²) in [7, 11) is -3.53. The third-order valence-corrected chi connectivity index (χ3v) is 6.18. The normalized spacial score (nSPS) is 11.4. The van der Waals surface area contributed by atoms with E-state index in [2.05, 4.69) is 5.32 Å². The number of amides is 1. The van der Waals surface area contributed by atoms with E-state index in [1.54, 1.807) is 30.3 Å². The number of carbonyl (C=O) groups is 1. The lowest BCUT2D eigenvalue weighted by Crippen LogP contribution is -2.32. The summed E-state index contributed by atoms with van der Waals surface area (Å²) in [5, 5.41) is 2.80. The minimum absolute atomic E-state index is 0.229. The Bertz CT molecular complexity index is 889. The molecular weight excluding hydrogens is 388 g/mol. The zero-order valence-corrected chi connectivity index (χ0v) is 18.2. The SMILES string of the molecule is CCCOc1cccc(C(=O)Nc2ccc(S(=O)(=O)N(CCC)CCC)cc2)c1. The van der Waals surface area contributed by atoms with Crippen molar-refractivity contribution >= 4 is 21.6 Å². The van der Waals surface area contributed by atoms with Crippen LogP contribution in [0.5, 0.6) is 5.75 Å². The van der Waals surface area contributed by atoms with Gasteiger partial charge in [-0.2, -0.15) is 4.31 Å². The van der Waals surface area contributed by atoms with E-state index in [0.717, 1.165) is 19.3 Å². The lowest BCUT2D eigenvalue weighted by atomic mass is 10.2. The molecule has 1 N–H and O–H groups in total. The number of sulfonamides is 1. The molecule has 0 aliphatic carbocycles. The molecule has 2 rings (SSSR count). The standard InChI is InChI=1S/C22H30N2O4S/c1-4-14-24(15-5-2)29(26,27)21-12-10-19(11-13-21)23-22(25)18-8-7-9-20(17-18)28-16-6-3/h7-13,17H,4-6,14-16H2,1-3H3,(H,23,25). The van der Waals surface area contributed by atoms with Crippen LogP contribution in [0.25, 0.3) is 0 Å². The first-order valence-corrected chi connectivity index (χ1v) is 11.5. The van der Waals surface area contributed by atoms with Crippen LogP contribution in [0.4, 0.5) is 5.69 Å². The third-order valence-electron chi connectivity index (χ3n) is 4.27. The molecule has 158 valence electrons. The number of hydrogen-bond acceptors (Lipinski definition) is 4. The maximum atomic E-state index is 12.8. The van der Waals surface area contributed by atoms with Crippen LogP contribution in [0.1, 0.15) is 50.4 Å². The molecule has 0 saturated heterocycles. The van der Waals surface area contributed by atoms with Crippen molar-refractivity contribution in [1.29, 1.82) is 0 Å². The van der Waals surface area contributed by atoms with Gasteiger partial charge in [0.25, 0.3) is 5.91 Å². The highest BCUT2D eigenvalue weighted by molar-refractivity contribution is 7.89. The first-order valence-electron chi connectivity index (χ1n) is 10.1. The van der Waals surface area contributed by atoms with Gasteiger partial charge in [0.05, 0.1) is 11.5 Å². The Labute approximate surface area is 173 Å². The van der Waals surface area contributed by atoms with Gasteiger partial charge >= 0.3 is 0 Å². The minimum atomic E-state index is -3.53. The van der Waals surface area contributed by atoms with Crippen LogP contribution in [-0.4, -0.2) is 38.3 Å². The maximum absolute atomic E-state index is 12.8. The molecule has 0 heterocycles. The van der Waals surface area contributed by atoms with Crippen molar-refractivity contribution in [2.24, 2.45) is 0 Å². The molecule has 0 bridgehead atoms. The van der Waals surface area contributed by atoms with Crippen LogP contribution in [0, 0.1) is 0 Å². The number of nitrogens with zero attached hydrogens (tertiary/aromatic N) is 1. The molecule has 0 aliphatic rings. The Balaban J connectivity index is 2.11. The summed E-state index contributed by atoms with van der Waals surface area (Å²) in [5.41, 5.74) is 1.01. The van der Waals surface area contributed by atoms with Gasteiger partial charge < -0.3 is 10.1 Å². The van der Waals surface area contributed by atoms with E-state index in [-0.39, 0.29) is 10.8 Å². The fourth-order valence-electron chi connectivity index (χ4n) is 2.86. The smallest absolute Gasteiger partial charge is 0.255 e. The van der Waals surface area contributed by atoms with Gasteiger partial charge in [-0.25, -0.2) is 8.42 Å². The van der Waals surface area contributed by atoms with E-state index in [0.29, 0.717) is 36.7 Å². The fourth-order valence-corrected chi connectivity index (χ4v) is 4.48. The van der Waals surface area contributed by atoms with E-state index in [1.807, 2.05) is 26.8 Å². The van der Waals surface area contributed by atoms with Crippen molar-refractivity contribution in [3.8, 4) is 5.75 Å². The van der Waals surface area contributed by atoms with Crippen molar-refractivity contribution < 1.29 is 17.9 Å². The first kappa shape index (κ1) is 22.9. The van der Waals surface area contributed by atoms with E-state index >= 15 is 0 Å². The Kier molecular flexibility index (Phi) is 8.67. The number of hydrogen-bond donors (Lipinski definition) is 1. The number of anilines is 1. The van der Waals surface area contributed by atoms with Gasteiger partial charge in [0.1, 0.15) is 5.75 Å². The van der Waals surface area contributed by atoms with Crippen molar-refractivity contribution in [2.45, 2.75) is 44.9 Å². The molecule has 2 aromatic carbocycles. The molecule has 0 radical (unpaired) electrons. The van der Waals surface area contributed by atoms with Crippen molar-refractivity contribution in [1.82, 2.24) is 4.31 Å². The summed E-state index contributed by atoms with van der Waals surface area (Å²) >= 11 is 0. The summed E-state index contributed by atoms with van der Waals surface area (Å²) in [5.74, 6) is 0.369. The predicted molar refractivity (Wildman–Crippen MR) is 116 cm³/mol. The molecular formula is C22H30N2O4S. The van der Waals surface area contributed by atoms with Gasteiger partial charge in [-0.3, -0.25) is 4.79 Å². The molecule has 0 aliphatic heterocycles. The summed E-state index contributed by atoms with van der Waals surface area (Å²) in [6, 6.07) is 13.3. The van der Waals surface area contributed by atoms with Crippen LogP contribution < -0.4 is 10.1 Å². The number of nitrogens with one attached hydrogen (secondary N) is 1. The summed E-state index contributed by atoms with van der Waals surface area (Å²) in [4.78, 5) is 12.7. The summed E-state index contributed by atoms with van der Waals surface area (Å²) < 4.78 is 32.7. The minimum Gasteiger partial charge on any atom is -0.494 e. The lowest BCUT2D eigenvalue weighted by molar-refractivity contribution is 0.102. The highest BCUT2D eigenvalue weighted by Gasteiger charge is 2.22. The predicted octanol–water partition coefficient (Wildman–Crippen LogP) is 4.54. The Hall–Kier alpha value is -2.38. The molecule has 0 aromatic heterocycles. The second kappa shape index (κ2) is 11.0.